The van der Waals surface area contributed by atoms with Gasteiger partial charge in [0.1, 0.15) is 0 Å². The molecular weight excluding hydrogens is 290 g/mol. The van der Waals surface area contributed by atoms with E-state index in [1.165, 1.54) is 0 Å². The van der Waals surface area contributed by atoms with Crippen LogP contribution in [-0.2, 0) is 9.59 Å². The van der Waals surface area contributed by atoms with Gasteiger partial charge in [-0.15, -0.1) is 0 Å². The van der Waals surface area contributed by atoms with Crippen molar-refractivity contribution in [3.05, 3.63) is 24.3 Å². The lowest BCUT2D eigenvalue weighted by molar-refractivity contribution is -0.113. The van der Waals surface area contributed by atoms with Crippen molar-refractivity contribution in [2.75, 3.05) is 16.0 Å². The highest BCUT2D eigenvalue weighted by Gasteiger charge is 2.03. The average Bonchev–Trinajstić information content (AvgIpc) is 2.29. The van der Waals surface area contributed by atoms with E-state index < -0.39 is 6.03 Å². The largest absolute Gasteiger partial charge is 0.325 e. The first-order valence-electron chi connectivity index (χ1n) is 4.62. The molecule has 1 aromatic carbocycles. The quantitative estimate of drug-likeness (QED) is 0.578. The third-order valence-electron chi connectivity index (χ3n) is 1.72. The number of hydrogen-bond acceptors (Lipinski definition) is 3. The van der Waals surface area contributed by atoms with Crippen LogP contribution in [0.3, 0.4) is 0 Å². The van der Waals surface area contributed by atoms with Gasteiger partial charge in [0.15, 0.2) is 0 Å². The lowest BCUT2D eigenvalue weighted by Crippen LogP contribution is -2.27. The Labute approximate surface area is 106 Å². The number of carbonyl (C=O) groups is 3. The number of amides is 4. The maximum atomic E-state index is 11.1. The lowest BCUT2D eigenvalue weighted by atomic mass is 10.3. The molecule has 0 bridgehead atoms. The van der Waals surface area contributed by atoms with Gasteiger partial charge in [-0.25, -0.2) is 4.79 Å². The fourth-order valence-corrected chi connectivity index (χ4v) is 1.23. The zero-order valence-electron chi connectivity index (χ0n) is 8.70. The summed E-state index contributed by atoms with van der Waals surface area (Å²) in [4.78, 5) is 32.2. The number of alkyl halides is 1. The number of halogens is 1. The number of rotatable bonds is 4. The summed E-state index contributed by atoms with van der Waals surface area (Å²) in [6.07, 6.45) is 0.284. The van der Waals surface area contributed by atoms with E-state index in [4.69, 9.17) is 0 Å². The molecule has 0 aliphatic rings. The average molecular weight is 300 g/mol. The summed E-state index contributed by atoms with van der Waals surface area (Å²) in [5.74, 6) is -0.195. The first-order valence-corrected chi connectivity index (χ1v) is 5.75. The fraction of sp³-hybridized carbons (Fsp3) is 0.100. The molecule has 0 saturated carbocycles. The van der Waals surface area contributed by atoms with Crippen LogP contribution in [0.15, 0.2) is 24.3 Å². The van der Waals surface area contributed by atoms with Crippen LogP contribution in [0.25, 0.3) is 0 Å². The van der Waals surface area contributed by atoms with Gasteiger partial charge >= 0.3 is 6.03 Å². The molecule has 6 nitrogen and oxygen atoms in total. The summed E-state index contributed by atoms with van der Waals surface area (Å²) in [6, 6.07) is 5.92. The second-order valence-corrected chi connectivity index (χ2v) is 3.54. The second kappa shape index (κ2) is 6.64. The molecule has 7 heteroatoms. The molecule has 0 atom stereocenters. The Kier molecular flexibility index (Phi) is 5.15. The Morgan fingerprint density at radius 1 is 1.24 bits per heavy atom. The van der Waals surface area contributed by atoms with E-state index in [-0.39, 0.29) is 17.6 Å². The molecule has 1 aromatic rings. The highest BCUT2D eigenvalue weighted by molar-refractivity contribution is 9.09. The van der Waals surface area contributed by atoms with Crippen molar-refractivity contribution in [2.24, 2.45) is 0 Å². The number of benzene rings is 1. The zero-order chi connectivity index (χ0) is 12.7. The van der Waals surface area contributed by atoms with E-state index in [9.17, 15) is 14.4 Å². The molecule has 0 heterocycles. The Morgan fingerprint density at radius 2 is 1.88 bits per heavy atom. The highest BCUT2D eigenvalue weighted by atomic mass is 79.9. The summed E-state index contributed by atoms with van der Waals surface area (Å²) in [5, 5.41) is 7.17. The first kappa shape index (κ1) is 13.2. The van der Waals surface area contributed by atoms with Gasteiger partial charge in [0.25, 0.3) is 0 Å². The Morgan fingerprint density at radius 3 is 2.47 bits per heavy atom. The maximum Gasteiger partial charge on any atom is 0.325 e. The Hall–Kier alpha value is -1.89. The zero-order valence-corrected chi connectivity index (χ0v) is 10.3. The summed E-state index contributed by atoms with van der Waals surface area (Å²) in [7, 11) is 0. The summed E-state index contributed by atoms with van der Waals surface area (Å²) >= 11 is 3.02. The molecule has 0 spiro atoms. The van der Waals surface area contributed by atoms with Gasteiger partial charge in [-0.2, -0.15) is 0 Å². The summed E-state index contributed by atoms with van der Waals surface area (Å²) < 4.78 is 0. The van der Waals surface area contributed by atoms with Crippen molar-refractivity contribution < 1.29 is 14.4 Å². The van der Waals surface area contributed by atoms with Crippen molar-refractivity contribution in [1.82, 2.24) is 5.32 Å². The van der Waals surface area contributed by atoms with E-state index in [0.29, 0.717) is 11.4 Å². The Balaban J connectivity index is 2.68. The molecular formula is C10H10BrN3O3. The van der Waals surface area contributed by atoms with Crippen LogP contribution in [-0.4, -0.2) is 23.7 Å². The SMILES string of the molecule is O=CNC(=O)Nc1cccc(NC(=O)CBr)c1. The second-order valence-electron chi connectivity index (χ2n) is 2.98. The molecule has 0 aliphatic carbocycles. The molecule has 0 aromatic heterocycles. The summed E-state index contributed by atoms with van der Waals surface area (Å²) in [5.41, 5.74) is 1.02. The molecule has 0 aliphatic heterocycles. The topological polar surface area (TPSA) is 87.3 Å². The van der Waals surface area contributed by atoms with E-state index in [1.807, 2.05) is 5.32 Å². The van der Waals surface area contributed by atoms with Gasteiger partial charge in [-0.05, 0) is 18.2 Å². The first-order chi connectivity index (χ1) is 8.15. The standard InChI is InChI=1S/C10H10BrN3O3/c11-5-9(16)13-7-2-1-3-8(4-7)14-10(17)12-6-15/h1-4,6H,5H2,(H,13,16)(H2,12,14,15,17). The van der Waals surface area contributed by atoms with Crippen molar-refractivity contribution in [3.63, 3.8) is 0 Å². The van der Waals surface area contributed by atoms with Gasteiger partial charge in [-0.3, -0.25) is 14.9 Å². The monoisotopic (exact) mass is 299 g/mol. The van der Waals surface area contributed by atoms with Gasteiger partial charge < -0.3 is 10.6 Å². The van der Waals surface area contributed by atoms with Crippen LogP contribution < -0.4 is 16.0 Å². The lowest BCUT2D eigenvalue weighted by Gasteiger charge is -2.07. The van der Waals surface area contributed by atoms with E-state index >= 15 is 0 Å². The smallest absolute Gasteiger partial charge is 0.325 e. The molecule has 0 radical (unpaired) electrons. The van der Waals surface area contributed by atoms with Crippen molar-refractivity contribution in [2.45, 2.75) is 0 Å². The summed E-state index contributed by atoms with van der Waals surface area (Å²) in [6.45, 7) is 0. The predicted octanol–water partition coefficient (Wildman–Crippen LogP) is 1.30. The molecule has 0 saturated heterocycles. The van der Waals surface area contributed by atoms with Crippen molar-refractivity contribution in [3.8, 4) is 0 Å². The highest BCUT2D eigenvalue weighted by Crippen LogP contribution is 2.14. The minimum Gasteiger partial charge on any atom is -0.325 e. The minimum absolute atomic E-state index is 0.191. The van der Waals surface area contributed by atoms with Crippen molar-refractivity contribution in [1.29, 1.82) is 0 Å². The maximum absolute atomic E-state index is 11.1. The van der Waals surface area contributed by atoms with E-state index in [0.717, 1.165) is 0 Å². The van der Waals surface area contributed by atoms with Crippen LogP contribution in [0, 0.1) is 0 Å². The minimum atomic E-state index is -0.635. The van der Waals surface area contributed by atoms with Gasteiger partial charge in [0, 0.05) is 11.4 Å². The number of imide groups is 1. The third kappa shape index (κ3) is 4.64. The molecule has 0 fully saturated rings. The number of carbonyl (C=O) groups excluding carboxylic acids is 3. The normalized spacial score (nSPS) is 9.24. The van der Waals surface area contributed by atoms with Crippen molar-refractivity contribution >= 4 is 45.7 Å². The van der Waals surface area contributed by atoms with Crippen LogP contribution in [0.1, 0.15) is 0 Å². The fourth-order valence-electron chi connectivity index (χ4n) is 1.09. The molecule has 17 heavy (non-hydrogen) atoms. The molecule has 0 unspecified atom stereocenters. The van der Waals surface area contributed by atoms with Gasteiger partial charge in [0.05, 0.1) is 5.33 Å². The Bertz CT molecular complexity index is 437. The van der Waals surface area contributed by atoms with E-state index in [1.54, 1.807) is 24.3 Å². The number of urea groups is 1. The van der Waals surface area contributed by atoms with Gasteiger partial charge in [-0.1, -0.05) is 22.0 Å². The van der Waals surface area contributed by atoms with Gasteiger partial charge in [0.2, 0.25) is 12.3 Å². The molecule has 4 amide bonds. The van der Waals surface area contributed by atoms with Crippen LogP contribution in [0.2, 0.25) is 0 Å². The number of nitrogens with one attached hydrogen (secondary N) is 3. The van der Waals surface area contributed by atoms with Crippen LogP contribution in [0.4, 0.5) is 16.2 Å². The third-order valence-corrected chi connectivity index (χ3v) is 2.22. The number of anilines is 2. The molecule has 3 N–H and O–H groups in total. The van der Waals surface area contributed by atoms with Crippen LogP contribution >= 0.6 is 15.9 Å². The molecule has 90 valence electrons. The van der Waals surface area contributed by atoms with E-state index in [2.05, 4.69) is 26.6 Å². The molecule has 1 rings (SSSR count). The van der Waals surface area contributed by atoms with Crippen LogP contribution in [0.5, 0.6) is 0 Å². The predicted molar refractivity (Wildman–Crippen MR) is 67.1 cm³/mol. The number of hydrogen-bond donors (Lipinski definition) is 3.